The number of fused-ring (bicyclic) bond motifs is 2. The fourth-order valence-corrected chi connectivity index (χ4v) is 8.41. The maximum Gasteiger partial charge on any atom is 0.352 e. The quantitative estimate of drug-likeness (QED) is 0.143. The van der Waals surface area contributed by atoms with Crippen LogP contribution >= 0.6 is 47.1 Å². The van der Waals surface area contributed by atoms with Crippen LogP contribution in [-0.2, 0) is 14.4 Å². The monoisotopic (exact) mass is 633 g/mol. The van der Waals surface area contributed by atoms with Crippen LogP contribution < -0.4 is 5.32 Å². The van der Waals surface area contributed by atoms with Crippen LogP contribution in [0.3, 0.4) is 0 Å². The molecule has 12 nitrogen and oxygen atoms in total. The number of amides is 3. The third kappa shape index (κ3) is 5.60. The third-order valence-electron chi connectivity index (χ3n) is 6.75. The van der Waals surface area contributed by atoms with Crippen molar-refractivity contribution >= 4 is 81.7 Å². The first-order chi connectivity index (χ1) is 19.6. The maximum absolute atomic E-state index is 13.0. The number of carbonyl (C=O) groups is 5. The molecular formula is C25H23N5O7S4. The highest BCUT2D eigenvalue weighted by molar-refractivity contribution is 8.01. The van der Waals surface area contributed by atoms with E-state index in [4.69, 9.17) is 12.2 Å². The minimum atomic E-state index is -1.36. The highest BCUT2D eigenvalue weighted by Gasteiger charge is 2.53. The van der Waals surface area contributed by atoms with Gasteiger partial charge >= 0.3 is 11.9 Å². The molecule has 0 saturated carbocycles. The number of carbonyl (C=O) groups excluding carboxylic acids is 3. The van der Waals surface area contributed by atoms with Gasteiger partial charge < -0.3 is 15.5 Å². The smallest absolute Gasteiger partial charge is 0.352 e. The maximum atomic E-state index is 13.0. The number of aryl methyl sites for hydroxylation is 1. The van der Waals surface area contributed by atoms with Crippen LogP contribution in [0.15, 0.2) is 39.9 Å². The molecule has 1 saturated heterocycles. The zero-order valence-corrected chi connectivity index (χ0v) is 24.7. The number of carboxylic acids is 2. The van der Waals surface area contributed by atoms with Gasteiger partial charge in [-0.15, -0.1) is 22.0 Å². The standard InChI is InChI=1S/C25H23N5O7S4/c1-11-27-28-25(41-11)40-10-12-9-39-22-17(21(33)30(22)18(12)24(36)37)26-16(38)8-4-7-15(23(34)35)29-19(31)13-5-2-3-6-14(13)20(29)32/h2-3,5-6,15,17,22H,4,7-10H2,1H3,(H,26,38)(H,34,35)(H,36,37)/t15-,17?,22-/m1/s1. The van der Waals surface area contributed by atoms with E-state index in [1.165, 1.54) is 51.9 Å². The van der Waals surface area contributed by atoms with E-state index in [0.29, 0.717) is 22.1 Å². The number of hydrogen-bond donors (Lipinski definition) is 3. The normalized spacial score (nSPS) is 20.5. The van der Waals surface area contributed by atoms with Gasteiger partial charge in [0.1, 0.15) is 28.2 Å². The van der Waals surface area contributed by atoms with E-state index in [1.54, 1.807) is 12.1 Å². The summed E-state index contributed by atoms with van der Waals surface area (Å²) in [7, 11) is 0. The van der Waals surface area contributed by atoms with Gasteiger partial charge in [0.05, 0.1) is 16.1 Å². The summed E-state index contributed by atoms with van der Waals surface area (Å²) >= 11 is 9.63. The van der Waals surface area contributed by atoms with Gasteiger partial charge in [-0.3, -0.25) is 24.2 Å². The van der Waals surface area contributed by atoms with E-state index < -0.39 is 47.1 Å². The Morgan fingerprint density at radius 2 is 1.85 bits per heavy atom. The van der Waals surface area contributed by atoms with Crippen LogP contribution in [0, 0.1) is 6.92 Å². The molecule has 3 N–H and O–H groups in total. The molecule has 1 fully saturated rings. The van der Waals surface area contributed by atoms with Crippen molar-refractivity contribution in [2.75, 3.05) is 11.5 Å². The molecule has 0 radical (unpaired) electrons. The van der Waals surface area contributed by atoms with Crippen molar-refractivity contribution in [3.63, 3.8) is 0 Å². The molecule has 0 aliphatic carbocycles. The average molecular weight is 634 g/mol. The van der Waals surface area contributed by atoms with Gasteiger partial charge in [0.15, 0.2) is 4.34 Å². The van der Waals surface area contributed by atoms with Crippen molar-refractivity contribution in [2.24, 2.45) is 0 Å². The van der Waals surface area contributed by atoms with Gasteiger partial charge in [0.25, 0.3) is 17.7 Å². The molecule has 4 heterocycles. The topological polar surface area (TPSA) is 170 Å². The van der Waals surface area contributed by atoms with E-state index in [-0.39, 0.29) is 36.1 Å². The molecule has 1 aromatic heterocycles. The molecule has 1 unspecified atom stereocenters. The summed E-state index contributed by atoms with van der Waals surface area (Å²) in [6.07, 6.45) is 0.437. The highest BCUT2D eigenvalue weighted by Crippen LogP contribution is 2.42. The first-order valence-electron chi connectivity index (χ1n) is 12.4. The van der Waals surface area contributed by atoms with E-state index in [9.17, 15) is 34.2 Å². The number of nitrogens with zero attached hydrogens (tertiary/aromatic N) is 4. The van der Waals surface area contributed by atoms with E-state index in [0.717, 1.165) is 14.2 Å². The lowest BCUT2D eigenvalue weighted by atomic mass is 10.0. The Labute approximate surface area is 251 Å². The van der Waals surface area contributed by atoms with Gasteiger partial charge in [-0.2, -0.15) is 0 Å². The van der Waals surface area contributed by atoms with Crippen LogP contribution in [0.4, 0.5) is 0 Å². The van der Waals surface area contributed by atoms with Gasteiger partial charge in [-0.05, 0) is 43.9 Å². The number of thiocarbonyl (C=S) groups is 1. The van der Waals surface area contributed by atoms with E-state index in [2.05, 4.69) is 15.5 Å². The van der Waals surface area contributed by atoms with Crippen molar-refractivity contribution in [3.05, 3.63) is 51.7 Å². The largest absolute Gasteiger partial charge is 0.480 e. The lowest BCUT2D eigenvalue weighted by Gasteiger charge is -2.49. The Hall–Kier alpha value is -3.34. The van der Waals surface area contributed by atoms with Gasteiger partial charge in [0, 0.05) is 11.5 Å². The zero-order chi connectivity index (χ0) is 29.4. The van der Waals surface area contributed by atoms with Crippen molar-refractivity contribution in [2.45, 2.75) is 48.0 Å². The number of carboxylic acid groups (broad SMARTS) is 2. The molecule has 2 aromatic rings. The lowest BCUT2D eigenvalue weighted by Crippen LogP contribution is -2.70. The zero-order valence-electron chi connectivity index (χ0n) is 21.4. The number of imide groups is 1. The van der Waals surface area contributed by atoms with E-state index in [1.807, 2.05) is 6.92 Å². The molecule has 3 aliphatic rings. The second-order valence-electron chi connectivity index (χ2n) is 9.36. The number of rotatable bonds is 11. The van der Waals surface area contributed by atoms with Gasteiger partial charge in [0.2, 0.25) is 0 Å². The fraction of sp³-hybridized carbons (Fsp3) is 0.360. The first kappa shape index (κ1) is 29.2. The predicted molar refractivity (Wildman–Crippen MR) is 155 cm³/mol. The Morgan fingerprint density at radius 3 is 2.44 bits per heavy atom. The minimum absolute atomic E-state index is 0.0212. The minimum Gasteiger partial charge on any atom is -0.480 e. The highest BCUT2D eigenvalue weighted by atomic mass is 32.2. The number of hydrogen-bond acceptors (Lipinski definition) is 11. The van der Waals surface area contributed by atoms with Crippen LogP contribution in [0.5, 0.6) is 0 Å². The second-order valence-corrected chi connectivity index (χ2v) is 13.4. The number of thioether (sulfide) groups is 2. The molecule has 16 heteroatoms. The van der Waals surface area contributed by atoms with Crippen molar-refractivity contribution in [1.29, 1.82) is 0 Å². The summed E-state index contributed by atoms with van der Waals surface area (Å²) in [5, 5.41) is 31.0. The average Bonchev–Trinajstić information content (AvgIpc) is 3.47. The molecule has 0 bridgehead atoms. The molecule has 214 valence electrons. The number of nitrogens with one attached hydrogen (secondary N) is 1. The van der Waals surface area contributed by atoms with Crippen LogP contribution in [0.2, 0.25) is 0 Å². The molecule has 0 spiro atoms. The number of aliphatic carboxylic acids is 2. The van der Waals surface area contributed by atoms with Crippen molar-refractivity contribution in [3.8, 4) is 0 Å². The third-order valence-corrected chi connectivity index (χ3v) is 10.5. The molecule has 3 atom stereocenters. The summed E-state index contributed by atoms with van der Waals surface area (Å²) in [6, 6.07) is 4.12. The fourth-order valence-electron chi connectivity index (χ4n) is 4.84. The van der Waals surface area contributed by atoms with Crippen molar-refractivity contribution < 1.29 is 34.2 Å². The number of benzene rings is 1. The molecular weight excluding hydrogens is 611 g/mol. The Kier molecular flexibility index (Phi) is 8.45. The molecule has 3 aliphatic heterocycles. The summed E-state index contributed by atoms with van der Waals surface area (Å²) in [5.74, 6) is -3.39. The Morgan fingerprint density at radius 1 is 1.17 bits per heavy atom. The van der Waals surface area contributed by atoms with E-state index >= 15 is 0 Å². The van der Waals surface area contributed by atoms with Gasteiger partial charge in [-0.25, -0.2) is 9.59 Å². The number of β-lactam (4-membered cyclic amide) rings is 1. The van der Waals surface area contributed by atoms with Gasteiger partial charge in [-0.1, -0.05) is 47.4 Å². The van der Waals surface area contributed by atoms with Crippen LogP contribution in [-0.4, -0.2) is 93.8 Å². The Bertz CT molecular complexity index is 1470. The molecule has 41 heavy (non-hydrogen) atoms. The Balaban J connectivity index is 1.16. The van der Waals surface area contributed by atoms with Crippen molar-refractivity contribution in [1.82, 2.24) is 25.3 Å². The molecule has 1 aromatic carbocycles. The number of aromatic nitrogens is 2. The second kappa shape index (κ2) is 11.9. The van der Waals surface area contributed by atoms with Crippen LogP contribution in [0.1, 0.15) is 45.0 Å². The first-order valence-corrected chi connectivity index (χ1v) is 15.7. The lowest BCUT2D eigenvalue weighted by molar-refractivity contribution is -0.148. The summed E-state index contributed by atoms with van der Waals surface area (Å²) in [4.78, 5) is 64.9. The molecule has 5 rings (SSSR count). The summed E-state index contributed by atoms with van der Waals surface area (Å²) in [6.45, 7) is 1.83. The summed E-state index contributed by atoms with van der Waals surface area (Å²) in [5.41, 5.74) is 0.942. The molecule has 3 amide bonds. The SMILES string of the molecule is Cc1nnc(SCC2=C(C(=O)O)N3C(=O)C(NC(=S)CCC[C@H](C(=O)O)N4C(=O)c5ccccc5C4=O)[C@H]3SC2)s1. The summed E-state index contributed by atoms with van der Waals surface area (Å²) < 4.78 is 0.722. The van der Waals surface area contributed by atoms with Crippen LogP contribution in [0.25, 0.3) is 0 Å². The predicted octanol–water partition coefficient (Wildman–Crippen LogP) is 2.40.